The maximum Gasteiger partial charge on any atom is 0.156 e. The molecule has 2 N–H and O–H groups in total. The van der Waals surface area contributed by atoms with Gasteiger partial charge in [-0.25, -0.2) is 15.0 Å². The van der Waals surface area contributed by atoms with E-state index in [0.29, 0.717) is 5.82 Å². The third kappa shape index (κ3) is 2.27. The van der Waals surface area contributed by atoms with Gasteiger partial charge in [-0.1, -0.05) is 11.8 Å². The molecule has 0 spiro atoms. The van der Waals surface area contributed by atoms with Crippen LogP contribution in [-0.4, -0.2) is 19.5 Å². The number of nitrogens with two attached hydrogens (primary N) is 1. The molecule has 0 radical (unpaired) electrons. The van der Waals surface area contributed by atoms with Crippen molar-refractivity contribution in [2.24, 2.45) is 7.05 Å². The number of hydrogen-bond donors (Lipinski definition) is 1. The fourth-order valence-electron chi connectivity index (χ4n) is 1.12. The van der Waals surface area contributed by atoms with Crippen LogP contribution in [0.2, 0.25) is 0 Å². The van der Waals surface area contributed by atoms with Gasteiger partial charge in [-0.15, -0.1) is 0 Å². The number of anilines is 1. The Hall–Kier alpha value is -1.56. The number of rotatable bonds is 3. The zero-order valence-corrected chi connectivity index (χ0v) is 9.11. The molecule has 78 valence electrons. The van der Waals surface area contributed by atoms with Crippen molar-refractivity contribution in [1.29, 1.82) is 0 Å². The third-order valence-corrected chi connectivity index (χ3v) is 2.94. The minimum Gasteiger partial charge on any atom is -0.381 e. The number of nitrogen functional groups attached to an aromatic ring is 1. The Morgan fingerprint density at radius 3 is 2.73 bits per heavy atom. The molecule has 0 unspecified atom stereocenters. The van der Waals surface area contributed by atoms with Gasteiger partial charge in [-0.3, -0.25) is 0 Å². The maximum absolute atomic E-state index is 5.68. The molecule has 2 heterocycles. The van der Waals surface area contributed by atoms with Crippen LogP contribution < -0.4 is 5.73 Å². The summed E-state index contributed by atoms with van der Waals surface area (Å²) in [6.07, 6.45) is 6.91. The maximum atomic E-state index is 5.68. The van der Waals surface area contributed by atoms with Crippen LogP contribution in [-0.2, 0) is 12.8 Å². The minimum atomic E-state index is 0.469. The van der Waals surface area contributed by atoms with E-state index in [9.17, 15) is 0 Å². The molecule has 0 saturated carbocycles. The second-order valence-corrected chi connectivity index (χ2v) is 3.95. The summed E-state index contributed by atoms with van der Waals surface area (Å²) in [6.45, 7) is 0. The molecular weight excluding hydrogens is 210 g/mol. The zero-order chi connectivity index (χ0) is 10.7. The summed E-state index contributed by atoms with van der Waals surface area (Å²) in [7, 11) is 1.96. The number of hydrogen-bond acceptors (Lipinski definition) is 5. The molecule has 0 atom stereocenters. The van der Waals surface area contributed by atoms with Gasteiger partial charge in [0.05, 0.1) is 5.75 Å². The standard InChI is InChI=1S/C9H11N5S/c1-14-5-4-11-7(14)6-15-9-8(10)12-2-3-13-9/h2-5H,6H2,1H3,(H2,10,12). The first-order valence-electron chi connectivity index (χ1n) is 4.43. The van der Waals surface area contributed by atoms with Gasteiger partial charge in [0.15, 0.2) is 5.82 Å². The second kappa shape index (κ2) is 4.31. The summed E-state index contributed by atoms with van der Waals surface area (Å²) in [6, 6.07) is 0. The van der Waals surface area contributed by atoms with Crippen molar-refractivity contribution in [3.63, 3.8) is 0 Å². The van der Waals surface area contributed by atoms with E-state index in [4.69, 9.17) is 5.73 Å². The molecule has 15 heavy (non-hydrogen) atoms. The molecule has 6 heteroatoms. The van der Waals surface area contributed by atoms with Crippen molar-refractivity contribution in [3.8, 4) is 0 Å². The van der Waals surface area contributed by atoms with Crippen molar-refractivity contribution in [1.82, 2.24) is 19.5 Å². The normalized spacial score (nSPS) is 10.5. The quantitative estimate of drug-likeness (QED) is 0.785. The minimum absolute atomic E-state index is 0.469. The molecule has 2 aromatic heterocycles. The number of aryl methyl sites for hydroxylation is 1. The van der Waals surface area contributed by atoms with Crippen LogP contribution in [0, 0.1) is 0 Å². The Kier molecular flexibility index (Phi) is 2.86. The highest BCUT2D eigenvalue weighted by Crippen LogP contribution is 2.22. The average Bonchev–Trinajstić information content (AvgIpc) is 2.63. The van der Waals surface area contributed by atoms with Crippen LogP contribution in [0.4, 0.5) is 5.82 Å². The fraction of sp³-hybridized carbons (Fsp3) is 0.222. The smallest absolute Gasteiger partial charge is 0.156 e. The van der Waals surface area contributed by atoms with Gasteiger partial charge in [-0.2, -0.15) is 0 Å². The molecule has 0 aliphatic rings. The van der Waals surface area contributed by atoms with Gasteiger partial charge >= 0.3 is 0 Å². The van der Waals surface area contributed by atoms with E-state index >= 15 is 0 Å². The molecule has 5 nitrogen and oxygen atoms in total. The SMILES string of the molecule is Cn1ccnc1CSc1nccnc1N. The van der Waals surface area contributed by atoms with Crippen molar-refractivity contribution in [2.45, 2.75) is 10.8 Å². The highest BCUT2D eigenvalue weighted by molar-refractivity contribution is 7.98. The van der Waals surface area contributed by atoms with Crippen molar-refractivity contribution >= 4 is 17.6 Å². The Morgan fingerprint density at radius 1 is 1.27 bits per heavy atom. The molecule has 0 amide bonds. The molecule has 2 aromatic rings. The molecule has 2 rings (SSSR count). The largest absolute Gasteiger partial charge is 0.381 e. The van der Waals surface area contributed by atoms with E-state index in [-0.39, 0.29) is 0 Å². The highest BCUT2D eigenvalue weighted by Gasteiger charge is 2.04. The summed E-state index contributed by atoms with van der Waals surface area (Å²) < 4.78 is 1.97. The predicted molar refractivity (Wildman–Crippen MR) is 59.2 cm³/mol. The van der Waals surface area contributed by atoms with Gasteiger partial charge < -0.3 is 10.3 Å². The van der Waals surface area contributed by atoms with Gasteiger partial charge in [-0.05, 0) is 0 Å². The molecule has 0 aliphatic heterocycles. The molecule has 0 bridgehead atoms. The first kappa shape index (κ1) is 9.97. The lowest BCUT2D eigenvalue weighted by molar-refractivity contribution is 0.848. The topological polar surface area (TPSA) is 69.6 Å². The first-order valence-corrected chi connectivity index (χ1v) is 5.41. The molecular formula is C9H11N5S. The monoisotopic (exact) mass is 221 g/mol. The van der Waals surface area contributed by atoms with Gasteiger partial charge in [0.1, 0.15) is 10.9 Å². The Labute approximate surface area is 91.8 Å². The van der Waals surface area contributed by atoms with Crippen molar-refractivity contribution < 1.29 is 0 Å². The third-order valence-electron chi connectivity index (χ3n) is 1.95. The fourth-order valence-corrected chi connectivity index (χ4v) is 2.00. The molecule has 0 aliphatic carbocycles. The van der Waals surface area contributed by atoms with E-state index in [1.54, 1.807) is 18.6 Å². The number of imidazole rings is 1. The number of nitrogens with zero attached hydrogens (tertiary/aromatic N) is 4. The van der Waals surface area contributed by atoms with Gasteiger partial charge in [0.2, 0.25) is 0 Å². The van der Waals surface area contributed by atoms with Crippen LogP contribution in [0.25, 0.3) is 0 Å². The number of thioether (sulfide) groups is 1. The van der Waals surface area contributed by atoms with E-state index in [1.807, 2.05) is 17.8 Å². The van der Waals surface area contributed by atoms with E-state index in [2.05, 4.69) is 15.0 Å². The predicted octanol–water partition coefficient (Wildman–Crippen LogP) is 1.08. The molecule has 0 saturated heterocycles. The highest BCUT2D eigenvalue weighted by atomic mass is 32.2. The summed E-state index contributed by atoms with van der Waals surface area (Å²) in [5.74, 6) is 2.20. The summed E-state index contributed by atoms with van der Waals surface area (Å²) >= 11 is 1.54. The average molecular weight is 221 g/mol. The lowest BCUT2D eigenvalue weighted by Gasteiger charge is -2.02. The summed E-state index contributed by atoms with van der Waals surface area (Å²) in [5, 5.41) is 0.750. The van der Waals surface area contributed by atoms with Gasteiger partial charge in [0, 0.05) is 31.8 Å². The van der Waals surface area contributed by atoms with Crippen LogP contribution in [0.5, 0.6) is 0 Å². The second-order valence-electron chi connectivity index (χ2n) is 2.99. The lowest BCUT2D eigenvalue weighted by atomic mass is 10.7. The number of aromatic nitrogens is 4. The Morgan fingerprint density at radius 2 is 2.07 bits per heavy atom. The summed E-state index contributed by atoms with van der Waals surface area (Å²) in [5.41, 5.74) is 5.68. The van der Waals surface area contributed by atoms with Gasteiger partial charge in [0.25, 0.3) is 0 Å². The zero-order valence-electron chi connectivity index (χ0n) is 8.29. The van der Waals surface area contributed by atoms with Crippen LogP contribution in [0.1, 0.15) is 5.82 Å². The Bertz CT molecular complexity index is 453. The van der Waals surface area contributed by atoms with E-state index in [1.165, 1.54) is 11.8 Å². The van der Waals surface area contributed by atoms with Crippen molar-refractivity contribution in [3.05, 3.63) is 30.6 Å². The first-order chi connectivity index (χ1) is 7.27. The van der Waals surface area contributed by atoms with Crippen LogP contribution in [0.3, 0.4) is 0 Å². The Balaban J connectivity index is 2.06. The lowest BCUT2D eigenvalue weighted by Crippen LogP contribution is -1.98. The molecule has 0 fully saturated rings. The molecule has 0 aromatic carbocycles. The van der Waals surface area contributed by atoms with E-state index < -0.39 is 0 Å². The van der Waals surface area contributed by atoms with Crippen molar-refractivity contribution in [2.75, 3.05) is 5.73 Å². The van der Waals surface area contributed by atoms with E-state index in [0.717, 1.165) is 16.6 Å². The summed E-state index contributed by atoms with van der Waals surface area (Å²) in [4.78, 5) is 12.3. The van der Waals surface area contributed by atoms with Crippen LogP contribution in [0.15, 0.2) is 29.8 Å². The van der Waals surface area contributed by atoms with Crippen LogP contribution >= 0.6 is 11.8 Å².